The Hall–Kier alpha value is -2.07. The van der Waals surface area contributed by atoms with Crippen LogP contribution in [0.1, 0.15) is 11.1 Å². The molecule has 7 heteroatoms. The van der Waals surface area contributed by atoms with E-state index in [1.807, 2.05) is 0 Å². The van der Waals surface area contributed by atoms with Crippen LogP contribution in [-0.2, 0) is 15.7 Å². The minimum Gasteiger partial charge on any atom is -0.485 e. The average molecular weight is 273 g/mol. The number of Topliss-reactive ketones (excluding diaryl/α,β-unsaturated/α-hetero) is 1. The molecule has 0 bridgehead atoms. The quantitative estimate of drug-likeness (QED) is 0.825. The van der Waals surface area contributed by atoms with Gasteiger partial charge in [-0.3, -0.25) is 4.79 Å². The van der Waals surface area contributed by atoms with Crippen molar-refractivity contribution in [3.8, 4) is 11.8 Å². The first kappa shape index (κ1) is 15.0. The highest BCUT2D eigenvalue weighted by molar-refractivity contribution is 5.81. The van der Waals surface area contributed by atoms with Crippen LogP contribution in [0.2, 0.25) is 0 Å². The highest BCUT2D eigenvalue weighted by Crippen LogP contribution is 2.36. The maximum Gasteiger partial charge on any atom is 0.420 e. The molecule has 19 heavy (non-hydrogen) atoms. The van der Waals surface area contributed by atoms with Crippen LogP contribution in [0.3, 0.4) is 0 Å². The Kier molecular flexibility index (Phi) is 4.89. The number of hydrogen-bond acceptors (Lipinski definition) is 4. The molecule has 4 nitrogen and oxygen atoms in total. The fraction of sp³-hybridized carbons (Fsp3) is 0.333. The maximum atomic E-state index is 12.7. The Labute approximate surface area is 107 Å². The smallest absolute Gasteiger partial charge is 0.420 e. The molecule has 0 aliphatic heterocycles. The van der Waals surface area contributed by atoms with E-state index in [4.69, 9.17) is 10.00 Å². The van der Waals surface area contributed by atoms with E-state index >= 15 is 0 Å². The van der Waals surface area contributed by atoms with E-state index < -0.39 is 29.9 Å². The summed E-state index contributed by atoms with van der Waals surface area (Å²) in [7, 11) is 1.29. The molecule has 0 unspecified atom stereocenters. The molecule has 0 radical (unpaired) electrons. The lowest BCUT2D eigenvalue weighted by atomic mass is 10.1. The zero-order valence-corrected chi connectivity index (χ0v) is 9.95. The fourth-order valence-corrected chi connectivity index (χ4v) is 1.31. The first-order valence-corrected chi connectivity index (χ1v) is 5.13. The number of carbonyl (C=O) groups is 1. The number of carbonyl (C=O) groups excluding carboxylic acids is 1. The minimum atomic E-state index is -4.66. The van der Waals surface area contributed by atoms with Gasteiger partial charge in [0.15, 0.2) is 5.78 Å². The standard InChI is InChI=1S/C12H10F3NO3/c1-18-6-9(17)7-19-11-3-2-8(5-16)4-10(11)12(13,14)15/h2-4H,6-7H2,1H3. The molecular formula is C12H10F3NO3. The van der Waals surface area contributed by atoms with E-state index in [1.54, 1.807) is 6.07 Å². The molecule has 0 aliphatic rings. The molecule has 0 N–H and O–H groups in total. The van der Waals surface area contributed by atoms with E-state index in [0.29, 0.717) is 6.07 Å². The molecule has 0 atom stereocenters. The third kappa shape index (κ3) is 4.26. The van der Waals surface area contributed by atoms with Gasteiger partial charge in [-0.1, -0.05) is 0 Å². The van der Waals surface area contributed by atoms with E-state index in [-0.39, 0.29) is 12.2 Å². The topological polar surface area (TPSA) is 59.3 Å². The van der Waals surface area contributed by atoms with Gasteiger partial charge in [-0.2, -0.15) is 18.4 Å². The van der Waals surface area contributed by atoms with Gasteiger partial charge < -0.3 is 9.47 Å². The first-order valence-electron chi connectivity index (χ1n) is 5.13. The molecule has 0 spiro atoms. The highest BCUT2D eigenvalue weighted by atomic mass is 19.4. The van der Waals surface area contributed by atoms with Crippen LogP contribution in [0.4, 0.5) is 13.2 Å². The zero-order valence-electron chi connectivity index (χ0n) is 9.95. The van der Waals surface area contributed by atoms with Gasteiger partial charge in [0.1, 0.15) is 19.0 Å². The molecular weight excluding hydrogens is 263 g/mol. The van der Waals surface area contributed by atoms with Gasteiger partial charge in [0.05, 0.1) is 17.2 Å². The van der Waals surface area contributed by atoms with Crippen molar-refractivity contribution in [1.29, 1.82) is 5.26 Å². The van der Waals surface area contributed by atoms with Crippen LogP contribution in [0.15, 0.2) is 18.2 Å². The SMILES string of the molecule is COCC(=O)COc1ccc(C#N)cc1C(F)(F)F. The highest BCUT2D eigenvalue weighted by Gasteiger charge is 2.34. The number of halogens is 3. The van der Waals surface area contributed by atoms with Crippen molar-refractivity contribution >= 4 is 5.78 Å². The number of rotatable bonds is 5. The predicted octanol–water partition coefficient (Wildman–Crippen LogP) is 2.17. The van der Waals surface area contributed by atoms with Crippen molar-refractivity contribution in [3.05, 3.63) is 29.3 Å². The van der Waals surface area contributed by atoms with Crippen LogP contribution in [0, 0.1) is 11.3 Å². The van der Waals surface area contributed by atoms with Gasteiger partial charge in [0.25, 0.3) is 0 Å². The third-order valence-corrected chi connectivity index (χ3v) is 2.11. The van der Waals surface area contributed by atoms with Gasteiger partial charge in [-0.25, -0.2) is 0 Å². The van der Waals surface area contributed by atoms with Crippen molar-refractivity contribution in [1.82, 2.24) is 0 Å². The first-order chi connectivity index (χ1) is 8.88. The Morgan fingerprint density at radius 3 is 2.58 bits per heavy atom. The fourth-order valence-electron chi connectivity index (χ4n) is 1.31. The molecule has 0 saturated carbocycles. The molecule has 0 amide bonds. The van der Waals surface area contributed by atoms with Gasteiger partial charge in [-0.05, 0) is 18.2 Å². The van der Waals surface area contributed by atoms with Gasteiger partial charge in [0.2, 0.25) is 0 Å². The lowest BCUT2D eigenvalue weighted by Crippen LogP contribution is -2.18. The Morgan fingerprint density at radius 1 is 1.37 bits per heavy atom. The summed E-state index contributed by atoms with van der Waals surface area (Å²) in [5.41, 5.74) is -1.22. The number of benzene rings is 1. The monoisotopic (exact) mass is 273 g/mol. The largest absolute Gasteiger partial charge is 0.485 e. The van der Waals surface area contributed by atoms with Crippen LogP contribution < -0.4 is 4.74 Å². The van der Waals surface area contributed by atoms with Crippen LogP contribution >= 0.6 is 0 Å². The number of alkyl halides is 3. The van der Waals surface area contributed by atoms with E-state index in [9.17, 15) is 18.0 Å². The number of nitriles is 1. The van der Waals surface area contributed by atoms with Gasteiger partial charge in [-0.15, -0.1) is 0 Å². The van der Waals surface area contributed by atoms with E-state index in [2.05, 4.69) is 4.74 Å². The zero-order chi connectivity index (χ0) is 14.5. The minimum absolute atomic E-state index is 0.136. The summed E-state index contributed by atoms with van der Waals surface area (Å²) >= 11 is 0. The molecule has 0 heterocycles. The lowest BCUT2D eigenvalue weighted by Gasteiger charge is -2.13. The summed E-state index contributed by atoms with van der Waals surface area (Å²) in [6.45, 7) is -0.763. The Balaban J connectivity index is 2.95. The van der Waals surface area contributed by atoms with Crippen molar-refractivity contribution < 1.29 is 27.4 Å². The molecule has 1 rings (SSSR count). The molecule has 0 aliphatic carbocycles. The molecule has 102 valence electrons. The summed E-state index contributed by atoms with van der Waals surface area (Å²) in [4.78, 5) is 11.1. The number of ether oxygens (including phenoxy) is 2. The molecule has 1 aromatic carbocycles. The number of hydrogen-bond donors (Lipinski definition) is 0. The third-order valence-electron chi connectivity index (χ3n) is 2.11. The lowest BCUT2D eigenvalue weighted by molar-refractivity contribution is -0.139. The Bertz CT molecular complexity index is 506. The second kappa shape index (κ2) is 6.20. The van der Waals surface area contributed by atoms with Crippen molar-refractivity contribution in [2.45, 2.75) is 6.18 Å². The molecule has 0 aromatic heterocycles. The summed E-state index contributed by atoms with van der Waals surface area (Å²) in [6, 6.07) is 4.49. The normalized spacial score (nSPS) is 10.9. The van der Waals surface area contributed by atoms with Crippen molar-refractivity contribution in [3.63, 3.8) is 0 Å². The van der Waals surface area contributed by atoms with Crippen LogP contribution in [0.5, 0.6) is 5.75 Å². The number of nitrogens with zero attached hydrogens (tertiary/aromatic N) is 1. The number of methoxy groups -OCH3 is 1. The number of ketones is 1. The second-order valence-corrected chi connectivity index (χ2v) is 3.58. The average Bonchev–Trinajstić information content (AvgIpc) is 2.35. The maximum absolute atomic E-state index is 12.7. The van der Waals surface area contributed by atoms with Gasteiger partial charge >= 0.3 is 6.18 Å². The van der Waals surface area contributed by atoms with Crippen LogP contribution in [-0.4, -0.2) is 26.1 Å². The summed E-state index contributed by atoms with van der Waals surface area (Å²) in [5.74, 6) is -0.976. The van der Waals surface area contributed by atoms with Crippen molar-refractivity contribution in [2.75, 3.05) is 20.3 Å². The van der Waals surface area contributed by atoms with Crippen molar-refractivity contribution in [2.24, 2.45) is 0 Å². The molecule has 0 saturated heterocycles. The molecule has 0 fully saturated rings. The van der Waals surface area contributed by atoms with E-state index in [1.165, 1.54) is 13.2 Å². The predicted molar refractivity (Wildman–Crippen MR) is 58.5 cm³/mol. The summed E-state index contributed by atoms with van der Waals surface area (Å²) in [6.07, 6.45) is -4.66. The second-order valence-electron chi connectivity index (χ2n) is 3.58. The Morgan fingerprint density at radius 2 is 2.05 bits per heavy atom. The van der Waals surface area contributed by atoms with E-state index in [0.717, 1.165) is 6.07 Å². The summed E-state index contributed by atoms with van der Waals surface area (Å²) < 4.78 is 47.6. The molecule has 1 aromatic rings. The van der Waals surface area contributed by atoms with Crippen LogP contribution in [0.25, 0.3) is 0 Å². The van der Waals surface area contributed by atoms with Gasteiger partial charge in [0, 0.05) is 7.11 Å². The summed E-state index contributed by atoms with van der Waals surface area (Å²) in [5, 5.41) is 8.58.